The molecule has 0 spiro atoms. The third-order valence-corrected chi connectivity index (χ3v) is 4.76. The van der Waals surface area contributed by atoms with Crippen LogP contribution in [0.25, 0.3) is 0 Å². The Morgan fingerprint density at radius 2 is 1.63 bits per heavy atom. The molecular weight excluding hydrogens is 273 g/mol. The van der Waals surface area contributed by atoms with Gasteiger partial charge in [0.1, 0.15) is 0 Å². The molecule has 0 amide bonds. The molecule has 19 heavy (non-hydrogen) atoms. The average molecular weight is 282 g/mol. The first-order valence-corrected chi connectivity index (χ1v) is 6.82. The standard InChI is InChI=1S/C14H9F3OS/c15-14(16,17)11-5-3-7-13-10(11)8-9-4-1-2-6-12(9)19(13)18/h1-7H,8H2. The van der Waals surface area contributed by atoms with Crippen molar-refractivity contribution in [2.45, 2.75) is 22.4 Å². The molecule has 1 nitrogen and oxygen atoms in total. The Morgan fingerprint density at radius 3 is 2.37 bits per heavy atom. The van der Waals surface area contributed by atoms with Crippen LogP contribution >= 0.6 is 0 Å². The molecule has 0 aliphatic carbocycles. The number of alkyl halides is 3. The molecule has 0 fully saturated rings. The molecule has 0 aromatic heterocycles. The average Bonchev–Trinajstić information content (AvgIpc) is 2.37. The van der Waals surface area contributed by atoms with Gasteiger partial charge in [-0.25, -0.2) is 0 Å². The van der Waals surface area contributed by atoms with Gasteiger partial charge in [-0.15, -0.1) is 0 Å². The van der Waals surface area contributed by atoms with E-state index in [4.69, 9.17) is 0 Å². The summed E-state index contributed by atoms with van der Waals surface area (Å²) in [6.07, 6.45) is -4.24. The fraction of sp³-hybridized carbons (Fsp3) is 0.143. The molecule has 0 N–H and O–H groups in total. The van der Waals surface area contributed by atoms with E-state index in [-0.39, 0.29) is 16.9 Å². The van der Waals surface area contributed by atoms with Crippen molar-refractivity contribution in [3.63, 3.8) is 0 Å². The number of halogens is 3. The van der Waals surface area contributed by atoms with Crippen LogP contribution in [0.1, 0.15) is 16.7 Å². The Labute approximate surface area is 111 Å². The van der Waals surface area contributed by atoms with E-state index in [1.807, 2.05) is 0 Å². The summed E-state index contributed by atoms with van der Waals surface area (Å²) in [7, 11) is 0. The smallest absolute Gasteiger partial charge is 0.416 e. The third kappa shape index (κ3) is 2.03. The van der Waals surface area contributed by atoms with E-state index in [0.29, 0.717) is 10.5 Å². The highest BCUT2D eigenvalue weighted by Gasteiger charge is 2.39. The van der Waals surface area contributed by atoms with E-state index in [9.17, 15) is 17.7 Å². The lowest BCUT2D eigenvalue weighted by atomic mass is 9.99. The van der Waals surface area contributed by atoms with E-state index >= 15 is 0 Å². The Balaban J connectivity index is 2.20. The molecular formula is C14H9F3OS. The van der Waals surface area contributed by atoms with Gasteiger partial charge in [0.15, 0.2) is 9.79 Å². The molecule has 1 aliphatic heterocycles. The highest BCUT2D eigenvalue weighted by Crippen LogP contribution is 2.41. The summed E-state index contributed by atoms with van der Waals surface area (Å²) in [6, 6.07) is 10.8. The number of fused-ring (bicyclic) bond motifs is 2. The summed E-state index contributed by atoms with van der Waals surface area (Å²) in [5.74, 6) is 0. The van der Waals surface area contributed by atoms with Crippen LogP contribution in [-0.2, 0) is 23.8 Å². The predicted octanol–water partition coefficient (Wildman–Crippen LogP) is 3.78. The van der Waals surface area contributed by atoms with E-state index in [2.05, 4.69) is 0 Å². The van der Waals surface area contributed by atoms with Crippen LogP contribution in [0.4, 0.5) is 13.2 Å². The van der Waals surface area contributed by atoms with Crippen molar-refractivity contribution in [2.75, 3.05) is 0 Å². The van der Waals surface area contributed by atoms with Crippen molar-refractivity contribution in [3.05, 3.63) is 59.2 Å². The van der Waals surface area contributed by atoms with Gasteiger partial charge in [0.25, 0.3) is 0 Å². The summed E-state index contributed by atoms with van der Waals surface area (Å²) in [4.78, 5) is 0.878. The van der Waals surface area contributed by atoms with Crippen LogP contribution in [0.15, 0.2) is 52.3 Å². The molecule has 0 radical (unpaired) electrons. The van der Waals surface area contributed by atoms with Crippen molar-refractivity contribution in [3.8, 4) is 0 Å². The second kappa shape index (κ2) is 4.28. The van der Waals surface area contributed by atoms with Crippen molar-refractivity contribution in [2.24, 2.45) is 0 Å². The number of benzene rings is 2. The molecule has 98 valence electrons. The highest BCUT2D eigenvalue weighted by molar-refractivity contribution is 7.91. The molecule has 1 unspecified atom stereocenters. The van der Waals surface area contributed by atoms with Crippen LogP contribution in [-0.4, -0.2) is 4.55 Å². The van der Waals surface area contributed by atoms with Crippen LogP contribution in [0.3, 0.4) is 0 Å². The van der Waals surface area contributed by atoms with Gasteiger partial charge < -0.3 is 4.55 Å². The summed E-state index contributed by atoms with van der Waals surface area (Å²) in [5, 5.41) is 0. The van der Waals surface area contributed by atoms with Crippen LogP contribution in [0.5, 0.6) is 0 Å². The molecule has 5 heteroatoms. The van der Waals surface area contributed by atoms with Gasteiger partial charge in [0.05, 0.1) is 5.56 Å². The van der Waals surface area contributed by atoms with Crippen molar-refractivity contribution >= 4 is 11.2 Å². The topological polar surface area (TPSA) is 23.1 Å². The zero-order chi connectivity index (χ0) is 13.6. The number of hydrogen-bond donors (Lipinski definition) is 0. The third-order valence-electron chi connectivity index (χ3n) is 3.18. The molecule has 1 heterocycles. The second-order valence-electron chi connectivity index (χ2n) is 4.33. The van der Waals surface area contributed by atoms with Gasteiger partial charge in [-0.2, -0.15) is 13.2 Å². The fourth-order valence-electron chi connectivity index (χ4n) is 2.33. The molecule has 1 aliphatic rings. The first-order valence-electron chi connectivity index (χ1n) is 5.67. The van der Waals surface area contributed by atoms with Gasteiger partial charge in [-0.1, -0.05) is 24.3 Å². The predicted molar refractivity (Wildman–Crippen MR) is 65.4 cm³/mol. The Kier molecular flexibility index (Phi) is 2.83. The Morgan fingerprint density at radius 1 is 0.947 bits per heavy atom. The minimum atomic E-state index is -4.41. The van der Waals surface area contributed by atoms with E-state index in [1.165, 1.54) is 12.1 Å². The lowest BCUT2D eigenvalue weighted by Crippen LogP contribution is -2.19. The van der Waals surface area contributed by atoms with E-state index < -0.39 is 22.9 Å². The summed E-state index contributed by atoms with van der Waals surface area (Å²) >= 11 is -1.54. The Bertz CT molecular complexity index is 637. The second-order valence-corrected chi connectivity index (χ2v) is 5.75. The zero-order valence-corrected chi connectivity index (χ0v) is 10.5. The van der Waals surface area contributed by atoms with Crippen LogP contribution in [0.2, 0.25) is 0 Å². The normalized spacial score (nSPS) is 17.8. The molecule has 2 aromatic rings. The van der Waals surface area contributed by atoms with E-state index in [1.54, 1.807) is 24.3 Å². The van der Waals surface area contributed by atoms with Crippen molar-refractivity contribution < 1.29 is 17.7 Å². The largest absolute Gasteiger partial charge is 0.606 e. The molecule has 0 saturated heterocycles. The first-order chi connectivity index (χ1) is 8.98. The minimum absolute atomic E-state index is 0.132. The zero-order valence-electron chi connectivity index (χ0n) is 9.70. The van der Waals surface area contributed by atoms with Gasteiger partial charge in [0, 0.05) is 28.7 Å². The molecule has 1 atom stereocenters. The fourth-order valence-corrected chi connectivity index (χ4v) is 3.75. The maximum absolute atomic E-state index is 13.0. The summed E-state index contributed by atoms with van der Waals surface area (Å²) in [5.41, 5.74) is 0.143. The number of rotatable bonds is 0. The van der Waals surface area contributed by atoms with Crippen LogP contribution < -0.4 is 0 Å². The minimum Gasteiger partial charge on any atom is -0.606 e. The highest BCUT2D eigenvalue weighted by atomic mass is 32.2. The van der Waals surface area contributed by atoms with Crippen molar-refractivity contribution in [1.29, 1.82) is 0 Å². The SMILES string of the molecule is [O-][S+]1c2ccccc2Cc2c1cccc2C(F)(F)F. The Hall–Kier alpha value is -1.46. The molecule has 2 aromatic carbocycles. The lowest BCUT2D eigenvalue weighted by Gasteiger charge is -2.24. The maximum Gasteiger partial charge on any atom is 0.416 e. The quantitative estimate of drug-likeness (QED) is 0.674. The first kappa shape index (κ1) is 12.6. The molecule has 0 saturated carbocycles. The molecule has 0 bridgehead atoms. The summed E-state index contributed by atoms with van der Waals surface area (Å²) < 4.78 is 51.3. The van der Waals surface area contributed by atoms with Gasteiger partial charge in [-0.05, 0) is 18.2 Å². The summed E-state index contributed by atoms with van der Waals surface area (Å²) in [6.45, 7) is 0. The maximum atomic E-state index is 13.0. The number of hydrogen-bond acceptors (Lipinski definition) is 1. The monoisotopic (exact) mass is 282 g/mol. The van der Waals surface area contributed by atoms with Gasteiger partial charge in [-0.3, -0.25) is 0 Å². The lowest BCUT2D eigenvalue weighted by molar-refractivity contribution is -0.138. The van der Waals surface area contributed by atoms with Gasteiger partial charge in [0.2, 0.25) is 0 Å². The van der Waals surface area contributed by atoms with Gasteiger partial charge >= 0.3 is 6.18 Å². The van der Waals surface area contributed by atoms with Crippen molar-refractivity contribution in [1.82, 2.24) is 0 Å². The van der Waals surface area contributed by atoms with E-state index in [0.717, 1.165) is 6.07 Å². The van der Waals surface area contributed by atoms with Crippen LogP contribution in [0, 0.1) is 0 Å². The molecule has 3 rings (SSSR count).